The molecule has 100 valence electrons. The van der Waals surface area contributed by atoms with Crippen molar-refractivity contribution in [2.45, 2.75) is 11.8 Å². The van der Waals surface area contributed by atoms with E-state index in [4.69, 9.17) is 0 Å². The maximum Gasteiger partial charge on any atom is 0.241 e. The molecule has 0 saturated carbocycles. The lowest BCUT2D eigenvalue weighted by molar-refractivity contribution is -0.126. The van der Waals surface area contributed by atoms with Gasteiger partial charge in [-0.2, -0.15) is 0 Å². The molecule has 0 atom stereocenters. The molecule has 1 rings (SSSR count). The number of nitrogens with zero attached hydrogens (tertiary/aromatic N) is 1. The molecule has 5 nitrogen and oxygen atoms in total. The van der Waals surface area contributed by atoms with Gasteiger partial charge < -0.3 is 10.2 Å². The largest absolute Gasteiger partial charge is 0.376 e. The predicted molar refractivity (Wildman–Crippen MR) is 71.4 cm³/mol. The van der Waals surface area contributed by atoms with Gasteiger partial charge in [0.1, 0.15) is 0 Å². The van der Waals surface area contributed by atoms with E-state index >= 15 is 0 Å². The Kier molecular flexibility index (Phi) is 4.72. The van der Waals surface area contributed by atoms with Gasteiger partial charge in [0.25, 0.3) is 0 Å². The minimum atomic E-state index is -3.16. The summed E-state index contributed by atoms with van der Waals surface area (Å²) >= 11 is 0. The first-order valence-corrected chi connectivity index (χ1v) is 7.29. The number of benzene rings is 1. The van der Waals surface area contributed by atoms with Gasteiger partial charge in [-0.3, -0.25) is 4.79 Å². The maximum atomic E-state index is 11.6. The molecule has 0 aliphatic carbocycles. The number of carbonyl (C=O) groups excluding carboxylic acids is 1. The van der Waals surface area contributed by atoms with Gasteiger partial charge in [0, 0.05) is 19.8 Å². The van der Waals surface area contributed by atoms with E-state index in [1.54, 1.807) is 45.3 Å². The number of hydrogen-bond acceptors (Lipinski definition) is 4. The summed E-state index contributed by atoms with van der Waals surface area (Å²) in [6, 6.07) is 6.40. The van der Waals surface area contributed by atoms with Gasteiger partial charge in [0.2, 0.25) is 5.91 Å². The maximum absolute atomic E-state index is 11.6. The number of likely N-dealkylation sites (N-methyl/N-ethyl adjacent to an activating group) is 1. The highest BCUT2D eigenvalue weighted by atomic mass is 32.2. The van der Waals surface area contributed by atoms with Crippen LogP contribution in [0.25, 0.3) is 0 Å². The van der Waals surface area contributed by atoms with Crippen molar-refractivity contribution < 1.29 is 13.2 Å². The van der Waals surface area contributed by atoms with Crippen LogP contribution in [0.2, 0.25) is 0 Å². The lowest BCUT2D eigenvalue weighted by Crippen LogP contribution is -2.28. The first kappa shape index (κ1) is 14.5. The van der Waals surface area contributed by atoms with Gasteiger partial charge in [-0.25, -0.2) is 8.42 Å². The fourth-order valence-electron chi connectivity index (χ4n) is 1.28. The summed E-state index contributed by atoms with van der Waals surface area (Å²) in [4.78, 5) is 13.1. The van der Waals surface area contributed by atoms with Crippen LogP contribution in [0.1, 0.15) is 6.92 Å². The van der Waals surface area contributed by atoms with E-state index in [0.717, 1.165) is 5.69 Å². The number of rotatable bonds is 5. The summed E-state index contributed by atoms with van der Waals surface area (Å²) < 4.78 is 23.2. The minimum absolute atomic E-state index is 0.0414. The predicted octanol–water partition coefficient (Wildman–Crippen LogP) is 0.980. The molecular weight excluding hydrogens is 252 g/mol. The topological polar surface area (TPSA) is 66.5 Å². The molecule has 0 heterocycles. The quantitative estimate of drug-likeness (QED) is 0.866. The Balaban J connectivity index is 2.70. The molecule has 1 N–H and O–H groups in total. The highest BCUT2D eigenvalue weighted by Crippen LogP contribution is 2.15. The molecule has 1 amide bonds. The average molecular weight is 270 g/mol. The van der Waals surface area contributed by atoms with Crippen molar-refractivity contribution >= 4 is 21.4 Å². The van der Waals surface area contributed by atoms with Gasteiger partial charge in [-0.1, -0.05) is 6.92 Å². The minimum Gasteiger partial charge on any atom is -0.376 e. The van der Waals surface area contributed by atoms with E-state index in [2.05, 4.69) is 5.32 Å². The molecule has 0 fully saturated rings. The van der Waals surface area contributed by atoms with Crippen molar-refractivity contribution in [1.82, 2.24) is 4.90 Å². The molecule has 0 aliphatic heterocycles. The second-order valence-corrected chi connectivity index (χ2v) is 6.35. The second kappa shape index (κ2) is 5.86. The van der Waals surface area contributed by atoms with Crippen molar-refractivity contribution in [1.29, 1.82) is 0 Å². The standard InChI is InChI=1S/C12H18N2O3S/c1-4-18(16,17)11-7-5-10(6-8-11)13-9-12(15)14(2)3/h5-8,13H,4,9H2,1-3H3. The number of hydrogen-bond donors (Lipinski definition) is 1. The number of carbonyl (C=O) groups is 1. The summed E-state index contributed by atoms with van der Waals surface area (Å²) in [5.74, 6) is 0.0408. The lowest BCUT2D eigenvalue weighted by atomic mass is 10.3. The monoisotopic (exact) mass is 270 g/mol. The molecular formula is C12H18N2O3S. The number of anilines is 1. The Labute approximate surface area is 108 Å². The number of sulfone groups is 1. The van der Waals surface area contributed by atoms with Crippen LogP contribution in [0.3, 0.4) is 0 Å². The van der Waals surface area contributed by atoms with E-state index in [0.29, 0.717) is 4.90 Å². The SMILES string of the molecule is CCS(=O)(=O)c1ccc(NCC(=O)N(C)C)cc1. The third kappa shape index (κ3) is 3.73. The third-order valence-corrected chi connectivity index (χ3v) is 4.29. The normalized spacial score (nSPS) is 11.1. The Morgan fingerprint density at radius 3 is 2.22 bits per heavy atom. The van der Waals surface area contributed by atoms with Crippen molar-refractivity contribution in [2.24, 2.45) is 0 Å². The Morgan fingerprint density at radius 2 is 1.78 bits per heavy atom. The zero-order chi connectivity index (χ0) is 13.8. The van der Waals surface area contributed by atoms with Crippen LogP contribution in [0.4, 0.5) is 5.69 Å². The molecule has 0 bridgehead atoms. The zero-order valence-electron chi connectivity index (χ0n) is 10.8. The van der Waals surface area contributed by atoms with Gasteiger partial charge in [0.05, 0.1) is 17.2 Å². The van der Waals surface area contributed by atoms with Crippen LogP contribution in [-0.2, 0) is 14.6 Å². The molecule has 0 spiro atoms. The fraction of sp³-hybridized carbons (Fsp3) is 0.417. The highest BCUT2D eigenvalue weighted by Gasteiger charge is 2.10. The molecule has 0 aromatic heterocycles. The molecule has 6 heteroatoms. The Hall–Kier alpha value is -1.56. The molecule has 0 saturated heterocycles. The third-order valence-electron chi connectivity index (χ3n) is 2.54. The van der Waals surface area contributed by atoms with Gasteiger partial charge >= 0.3 is 0 Å². The highest BCUT2D eigenvalue weighted by molar-refractivity contribution is 7.91. The second-order valence-electron chi connectivity index (χ2n) is 4.07. The molecule has 0 radical (unpaired) electrons. The molecule has 0 unspecified atom stereocenters. The van der Waals surface area contributed by atoms with Crippen LogP contribution in [0.5, 0.6) is 0 Å². The van der Waals surface area contributed by atoms with E-state index in [1.165, 1.54) is 4.90 Å². The lowest BCUT2D eigenvalue weighted by Gasteiger charge is -2.12. The van der Waals surface area contributed by atoms with Gasteiger partial charge in [-0.05, 0) is 24.3 Å². The summed E-state index contributed by atoms with van der Waals surface area (Å²) in [5.41, 5.74) is 0.722. The smallest absolute Gasteiger partial charge is 0.241 e. The van der Waals surface area contributed by atoms with Crippen molar-refractivity contribution in [3.05, 3.63) is 24.3 Å². The molecule has 18 heavy (non-hydrogen) atoms. The van der Waals surface area contributed by atoms with Crippen LogP contribution >= 0.6 is 0 Å². The molecule has 0 aliphatic rings. The van der Waals surface area contributed by atoms with E-state index in [9.17, 15) is 13.2 Å². The van der Waals surface area contributed by atoms with Crippen molar-refractivity contribution in [2.75, 3.05) is 31.7 Å². The first-order valence-electron chi connectivity index (χ1n) is 5.63. The summed E-state index contributed by atoms with van der Waals surface area (Å²) in [6.07, 6.45) is 0. The number of nitrogens with one attached hydrogen (secondary N) is 1. The summed E-state index contributed by atoms with van der Waals surface area (Å²) in [7, 11) is 0.200. The van der Waals surface area contributed by atoms with Crippen LogP contribution in [0.15, 0.2) is 29.2 Å². The van der Waals surface area contributed by atoms with Crippen LogP contribution in [0, 0.1) is 0 Å². The van der Waals surface area contributed by atoms with Gasteiger partial charge in [0.15, 0.2) is 9.84 Å². The van der Waals surface area contributed by atoms with Gasteiger partial charge in [-0.15, -0.1) is 0 Å². The average Bonchev–Trinajstić information content (AvgIpc) is 2.36. The Bertz CT molecular complexity index is 507. The number of amides is 1. The van der Waals surface area contributed by atoms with E-state index in [1.807, 2.05) is 0 Å². The summed E-state index contributed by atoms with van der Waals surface area (Å²) in [5, 5.41) is 2.94. The van der Waals surface area contributed by atoms with Crippen LogP contribution < -0.4 is 5.32 Å². The van der Waals surface area contributed by atoms with E-state index < -0.39 is 9.84 Å². The Morgan fingerprint density at radius 1 is 1.22 bits per heavy atom. The van der Waals surface area contributed by atoms with E-state index in [-0.39, 0.29) is 18.2 Å². The molecule has 1 aromatic carbocycles. The van der Waals surface area contributed by atoms with Crippen molar-refractivity contribution in [3.63, 3.8) is 0 Å². The summed E-state index contributed by atoms with van der Waals surface area (Å²) in [6.45, 7) is 1.80. The van der Waals surface area contributed by atoms with Crippen LogP contribution in [-0.4, -0.2) is 45.6 Å². The zero-order valence-corrected chi connectivity index (χ0v) is 11.6. The molecule has 1 aromatic rings. The van der Waals surface area contributed by atoms with Crippen molar-refractivity contribution in [3.8, 4) is 0 Å². The fourth-order valence-corrected chi connectivity index (χ4v) is 2.17. The first-order chi connectivity index (χ1) is 8.36.